The number of hydrogen-bond acceptors (Lipinski definition) is 6. The molecule has 1 aliphatic heterocycles. The number of ether oxygens (including phenoxy) is 1. The van der Waals surface area contributed by atoms with Crippen LogP contribution in [0.15, 0.2) is 48.9 Å². The maximum Gasteiger partial charge on any atom is 0.200 e. The molecule has 7 heteroatoms. The molecule has 5 rings (SSSR count). The summed E-state index contributed by atoms with van der Waals surface area (Å²) >= 11 is 0. The largest absolute Gasteiger partial charge is 0.379 e. The van der Waals surface area contributed by atoms with Gasteiger partial charge in [-0.1, -0.05) is 18.2 Å². The van der Waals surface area contributed by atoms with Gasteiger partial charge in [0.2, 0.25) is 5.65 Å². The van der Waals surface area contributed by atoms with E-state index in [2.05, 4.69) is 49.9 Å². The zero-order valence-electron chi connectivity index (χ0n) is 15.0. The number of nitrogens with zero attached hydrogens (tertiary/aromatic N) is 5. The summed E-state index contributed by atoms with van der Waals surface area (Å²) in [4.78, 5) is 4.47. The molecule has 1 N–H and O–H groups in total. The van der Waals surface area contributed by atoms with E-state index in [4.69, 9.17) is 4.74 Å². The number of aryl methyl sites for hydroxylation is 1. The second-order valence-electron chi connectivity index (χ2n) is 7.04. The van der Waals surface area contributed by atoms with Gasteiger partial charge in [0.25, 0.3) is 0 Å². The Morgan fingerprint density at radius 3 is 3.11 bits per heavy atom. The van der Waals surface area contributed by atoms with Crippen LogP contribution >= 0.6 is 0 Å². The number of benzene rings is 1. The van der Waals surface area contributed by atoms with Gasteiger partial charge in [0.1, 0.15) is 6.33 Å². The monoisotopic (exact) mass is 360 g/mol. The molecule has 1 aromatic carbocycles. The van der Waals surface area contributed by atoms with Crippen LogP contribution in [0.1, 0.15) is 11.3 Å². The highest BCUT2D eigenvalue weighted by molar-refractivity contribution is 5.81. The maximum atomic E-state index is 5.81. The van der Waals surface area contributed by atoms with Crippen molar-refractivity contribution in [3.05, 3.63) is 60.2 Å². The van der Waals surface area contributed by atoms with Crippen molar-refractivity contribution < 1.29 is 4.74 Å². The Morgan fingerprint density at radius 2 is 2.15 bits per heavy atom. The van der Waals surface area contributed by atoms with Crippen molar-refractivity contribution in [3.63, 3.8) is 0 Å². The van der Waals surface area contributed by atoms with Gasteiger partial charge in [-0.25, -0.2) is 0 Å². The van der Waals surface area contributed by atoms with Crippen LogP contribution in [-0.4, -0.2) is 44.1 Å². The third-order valence-corrected chi connectivity index (χ3v) is 5.15. The number of fused-ring (bicyclic) bond motifs is 2. The Hall–Kier alpha value is -3.06. The lowest BCUT2D eigenvalue weighted by Gasteiger charge is -2.21. The number of nitrogens with one attached hydrogen (secondary N) is 1. The summed E-state index contributed by atoms with van der Waals surface area (Å²) in [6.07, 6.45) is 4.45. The van der Waals surface area contributed by atoms with E-state index in [1.807, 2.05) is 25.3 Å². The van der Waals surface area contributed by atoms with Crippen LogP contribution in [0.25, 0.3) is 16.6 Å². The molecule has 3 aromatic heterocycles. The zero-order chi connectivity index (χ0) is 18.2. The number of para-hydroxylation sites is 1. The minimum atomic E-state index is 0.208. The quantitative estimate of drug-likeness (QED) is 0.603. The molecule has 2 atom stereocenters. The fraction of sp³-hybridized carbons (Fsp3) is 0.300. The summed E-state index contributed by atoms with van der Waals surface area (Å²) in [5, 5.41) is 17.4. The lowest BCUT2D eigenvalue weighted by molar-refractivity contribution is 0.185. The fourth-order valence-electron chi connectivity index (χ4n) is 3.83. The third-order valence-electron chi connectivity index (χ3n) is 5.15. The first-order valence-electron chi connectivity index (χ1n) is 9.12. The smallest absolute Gasteiger partial charge is 0.200 e. The molecule has 0 bridgehead atoms. The van der Waals surface area contributed by atoms with Crippen molar-refractivity contribution in [1.29, 1.82) is 0 Å². The molecule has 27 heavy (non-hydrogen) atoms. The summed E-state index contributed by atoms with van der Waals surface area (Å²) in [6.45, 7) is 3.38. The number of rotatable bonds is 4. The molecular formula is C20H20N6O. The van der Waals surface area contributed by atoms with E-state index < -0.39 is 0 Å². The molecule has 0 aliphatic carbocycles. The van der Waals surface area contributed by atoms with Crippen LogP contribution in [0.2, 0.25) is 0 Å². The molecule has 0 amide bonds. The van der Waals surface area contributed by atoms with Crippen LogP contribution in [-0.2, 0) is 11.2 Å². The number of hydrogen-bond donors (Lipinski definition) is 1. The van der Waals surface area contributed by atoms with E-state index in [1.54, 1.807) is 10.8 Å². The summed E-state index contributed by atoms with van der Waals surface area (Å²) in [5.41, 5.74) is 4.94. The van der Waals surface area contributed by atoms with Crippen molar-refractivity contribution >= 4 is 22.2 Å². The molecule has 0 unspecified atom stereocenters. The predicted molar refractivity (Wildman–Crippen MR) is 103 cm³/mol. The first kappa shape index (κ1) is 16.1. The van der Waals surface area contributed by atoms with Crippen LogP contribution in [0.3, 0.4) is 0 Å². The van der Waals surface area contributed by atoms with Gasteiger partial charge in [-0.15, -0.1) is 10.2 Å². The minimum Gasteiger partial charge on any atom is -0.379 e. The first-order valence-corrected chi connectivity index (χ1v) is 9.12. The lowest BCUT2D eigenvalue weighted by Crippen LogP contribution is -2.29. The summed E-state index contributed by atoms with van der Waals surface area (Å²) in [7, 11) is 0. The molecule has 0 saturated carbocycles. The Kier molecular flexibility index (Phi) is 3.94. The molecular weight excluding hydrogens is 340 g/mol. The van der Waals surface area contributed by atoms with Crippen molar-refractivity contribution in [2.45, 2.75) is 19.4 Å². The van der Waals surface area contributed by atoms with E-state index in [1.165, 1.54) is 10.9 Å². The van der Waals surface area contributed by atoms with Crippen LogP contribution in [0, 0.1) is 12.8 Å². The molecule has 1 saturated heterocycles. The zero-order valence-corrected chi connectivity index (χ0v) is 15.0. The average molecular weight is 360 g/mol. The molecule has 4 aromatic rings. The molecule has 0 spiro atoms. The Balaban J connectivity index is 1.42. The van der Waals surface area contributed by atoms with Crippen molar-refractivity contribution in [3.8, 4) is 0 Å². The van der Waals surface area contributed by atoms with Crippen molar-refractivity contribution in [2.24, 2.45) is 5.92 Å². The number of anilines is 1. The highest BCUT2D eigenvalue weighted by Gasteiger charge is 2.29. The van der Waals surface area contributed by atoms with E-state index in [-0.39, 0.29) is 6.04 Å². The van der Waals surface area contributed by atoms with E-state index in [0.717, 1.165) is 35.6 Å². The van der Waals surface area contributed by atoms with E-state index in [9.17, 15) is 0 Å². The molecule has 7 nitrogen and oxygen atoms in total. The normalized spacial score (nSPS) is 19.7. The van der Waals surface area contributed by atoms with Crippen molar-refractivity contribution in [2.75, 3.05) is 18.5 Å². The first-order chi connectivity index (χ1) is 13.3. The average Bonchev–Trinajstić information content (AvgIpc) is 3.31. The Bertz CT molecular complexity index is 1100. The van der Waals surface area contributed by atoms with Gasteiger partial charge >= 0.3 is 0 Å². The number of pyridine rings is 1. The van der Waals surface area contributed by atoms with Gasteiger partial charge in [-0.2, -0.15) is 9.61 Å². The van der Waals surface area contributed by atoms with Crippen LogP contribution < -0.4 is 5.32 Å². The molecule has 0 radical (unpaired) electrons. The molecule has 1 fully saturated rings. The van der Waals surface area contributed by atoms with Gasteiger partial charge in [-0.3, -0.25) is 4.98 Å². The fourth-order valence-corrected chi connectivity index (χ4v) is 3.83. The molecule has 4 heterocycles. The predicted octanol–water partition coefficient (Wildman–Crippen LogP) is 2.65. The molecule has 1 aliphatic rings. The summed E-state index contributed by atoms with van der Waals surface area (Å²) in [6, 6.07) is 12.6. The van der Waals surface area contributed by atoms with Crippen LogP contribution in [0.4, 0.5) is 5.69 Å². The molecule has 136 valence electrons. The van der Waals surface area contributed by atoms with E-state index >= 15 is 0 Å². The third kappa shape index (κ3) is 3.00. The van der Waals surface area contributed by atoms with Gasteiger partial charge < -0.3 is 10.1 Å². The summed E-state index contributed by atoms with van der Waals surface area (Å²) in [5.74, 6) is 0.368. The SMILES string of the molecule is Cc1cc(N[C@H]2COC[C@H]2Cc2ccnc3ccccc23)c2nncn2n1. The van der Waals surface area contributed by atoms with E-state index in [0.29, 0.717) is 12.5 Å². The Labute approximate surface area is 156 Å². The summed E-state index contributed by atoms with van der Waals surface area (Å²) < 4.78 is 7.52. The second kappa shape index (κ2) is 6.59. The minimum absolute atomic E-state index is 0.208. The maximum absolute atomic E-state index is 5.81. The van der Waals surface area contributed by atoms with Gasteiger partial charge in [0.15, 0.2) is 0 Å². The van der Waals surface area contributed by atoms with Crippen LogP contribution in [0.5, 0.6) is 0 Å². The highest BCUT2D eigenvalue weighted by Crippen LogP contribution is 2.27. The highest BCUT2D eigenvalue weighted by atomic mass is 16.5. The van der Waals surface area contributed by atoms with Gasteiger partial charge in [0.05, 0.1) is 36.2 Å². The lowest BCUT2D eigenvalue weighted by atomic mass is 9.93. The standard InChI is InChI=1S/C20H20N6O/c1-13-8-18(20-24-22-12-26(20)25-13)23-19-11-27-10-15(19)9-14-6-7-21-17-5-3-2-4-16(14)17/h2-8,12,15,19,23H,9-11H2,1H3/t15-,19+/m1/s1. The van der Waals surface area contributed by atoms with Gasteiger partial charge in [0, 0.05) is 17.5 Å². The topological polar surface area (TPSA) is 77.2 Å². The second-order valence-corrected chi connectivity index (χ2v) is 7.04. The number of aromatic nitrogens is 5. The van der Waals surface area contributed by atoms with Gasteiger partial charge in [-0.05, 0) is 37.1 Å². The Morgan fingerprint density at radius 1 is 1.22 bits per heavy atom. The van der Waals surface area contributed by atoms with Crippen molar-refractivity contribution in [1.82, 2.24) is 24.8 Å².